The van der Waals surface area contributed by atoms with E-state index in [2.05, 4.69) is 5.32 Å². The zero-order valence-corrected chi connectivity index (χ0v) is 20.3. The molecule has 0 unspecified atom stereocenters. The molecule has 5 rings (SSSR count). The molecule has 1 aliphatic rings. The molecule has 1 aliphatic heterocycles. The van der Waals surface area contributed by atoms with E-state index >= 15 is 0 Å². The van der Waals surface area contributed by atoms with Crippen LogP contribution < -0.4 is 10.1 Å². The summed E-state index contributed by atoms with van der Waals surface area (Å²) in [6.07, 6.45) is 0. The largest absolute Gasteiger partial charge is 0.497 e. The van der Waals surface area contributed by atoms with Crippen molar-refractivity contribution in [3.8, 4) is 16.3 Å². The number of aromatic nitrogens is 1. The Kier molecular flexibility index (Phi) is 5.98. The fraction of sp³-hybridized carbons (Fsp3) is 0.0769. The highest BCUT2D eigenvalue weighted by atomic mass is 35.5. The number of hydrogen-bond acceptors (Lipinski definition) is 6. The lowest BCUT2D eigenvalue weighted by Gasteiger charge is -2.23. The van der Waals surface area contributed by atoms with E-state index in [0.29, 0.717) is 15.5 Å². The standard InChI is InChI=1S/C26H19ClN2O2S2/c1-15-24(33-26(28-15)17-9-13-19(31-2)14-10-17)22-25(23(30)16-7-11-18(27)12-8-16)32-21-6-4-3-5-20(21)29-22/h3-14,29H,1-2H3. The fourth-order valence-electron chi connectivity index (χ4n) is 3.55. The summed E-state index contributed by atoms with van der Waals surface area (Å²) in [7, 11) is 1.65. The highest BCUT2D eigenvalue weighted by molar-refractivity contribution is 8.04. The summed E-state index contributed by atoms with van der Waals surface area (Å²) in [6, 6.07) is 22.8. The Morgan fingerprint density at radius 3 is 2.45 bits per heavy atom. The number of halogens is 1. The lowest BCUT2D eigenvalue weighted by molar-refractivity contribution is 0.104. The molecule has 7 heteroatoms. The molecule has 1 N–H and O–H groups in total. The van der Waals surface area contributed by atoms with Gasteiger partial charge in [-0.25, -0.2) is 4.98 Å². The van der Waals surface area contributed by atoms with E-state index < -0.39 is 0 Å². The molecule has 3 aromatic carbocycles. The monoisotopic (exact) mass is 490 g/mol. The molecule has 0 bridgehead atoms. The molecule has 164 valence electrons. The van der Waals surface area contributed by atoms with E-state index in [0.717, 1.165) is 43.2 Å². The van der Waals surface area contributed by atoms with Crippen LogP contribution in [0.5, 0.6) is 5.75 Å². The molecule has 0 saturated carbocycles. The van der Waals surface area contributed by atoms with Gasteiger partial charge in [0.05, 0.1) is 34.0 Å². The van der Waals surface area contributed by atoms with Gasteiger partial charge < -0.3 is 10.1 Å². The minimum atomic E-state index is -0.0486. The Morgan fingerprint density at radius 1 is 1.00 bits per heavy atom. The number of carbonyl (C=O) groups excluding carboxylic acids is 1. The van der Waals surface area contributed by atoms with E-state index in [1.807, 2.05) is 55.5 Å². The van der Waals surface area contributed by atoms with Gasteiger partial charge in [-0.05, 0) is 67.6 Å². The number of allylic oxidation sites excluding steroid dienone is 1. The number of benzene rings is 3. The van der Waals surface area contributed by atoms with Gasteiger partial charge in [0.25, 0.3) is 0 Å². The Morgan fingerprint density at radius 2 is 1.73 bits per heavy atom. The van der Waals surface area contributed by atoms with Crippen LogP contribution in [-0.2, 0) is 0 Å². The van der Waals surface area contributed by atoms with Gasteiger partial charge in [0, 0.05) is 21.0 Å². The fourth-order valence-corrected chi connectivity index (χ4v) is 5.88. The molecule has 0 aliphatic carbocycles. The number of rotatable bonds is 5. The van der Waals surface area contributed by atoms with E-state index in [-0.39, 0.29) is 5.78 Å². The number of carbonyl (C=O) groups is 1. The van der Waals surface area contributed by atoms with E-state index in [4.69, 9.17) is 21.3 Å². The summed E-state index contributed by atoms with van der Waals surface area (Å²) < 4.78 is 5.27. The lowest BCUT2D eigenvalue weighted by Crippen LogP contribution is -2.13. The van der Waals surface area contributed by atoms with Gasteiger partial charge >= 0.3 is 0 Å². The number of fused-ring (bicyclic) bond motifs is 1. The second-order valence-corrected chi connectivity index (χ2v) is 9.91. The van der Waals surface area contributed by atoms with Crippen molar-refractivity contribution in [2.24, 2.45) is 0 Å². The highest BCUT2D eigenvalue weighted by Gasteiger charge is 2.28. The quantitative estimate of drug-likeness (QED) is 0.293. The van der Waals surface area contributed by atoms with E-state index in [1.165, 1.54) is 11.8 Å². The number of anilines is 1. The van der Waals surface area contributed by atoms with Crippen molar-refractivity contribution >= 4 is 51.9 Å². The van der Waals surface area contributed by atoms with Crippen molar-refractivity contribution in [2.45, 2.75) is 11.8 Å². The molecule has 1 aromatic heterocycles. The maximum absolute atomic E-state index is 13.6. The molecular weight excluding hydrogens is 472 g/mol. The first-order valence-corrected chi connectivity index (χ1v) is 12.3. The Labute approximate surface area is 205 Å². The Balaban J connectivity index is 1.61. The third kappa shape index (κ3) is 4.29. The van der Waals surface area contributed by atoms with Crippen molar-refractivity contribution in [2.75, 3.05) is 12.4 Å². The Bertz CT molecular complexity index is 1380. The number of ketones is 1. The number of methoxy groups -OCH3 is 1. The third-order valence-electron chi connectivity index (χ3n) is 5.26. The van der Waals surface area contributed by atoms with Gasteiger partial charge in [-0.2, -0.15) is 0 Å². The number of thiazole rings is 1. The smallest absolute Gasteiger partial charge is 0.201 e. The topological polar surface area (TPSA) is 51.2 Å². The number of Topliss-reactive ketones (excluding diaryl/α,β-unsaturated/α-hetero) is 1. The summed E-state index contributed by atoms with van der Waals surface area (Å²) in [5, 5.41) is 5.00. The zero-order chi connectivity index (χ0) is 22.9. The summed E-state index contributed by atoms with van der Waals surface area (Å²) >= 11 is 9.09. The van der Waals surface area contributed by atoms with Gasteiger partial charge in [0.15, 0.2) is 0 Å². The van der Waals surface area contributed by atoms with Crippen LogP contribution in [0.2, 0.25) is 5.02 Å². The predicted molar refractivity (Wildman–Crippen MR) is 137 cm³/mol. The predicted octanol–water partition coefficient (Wildman–Crippen LogP) is 7.55. The average Bonchev–Trinajstić information content (AvgIpc) is 3.24. The first kappa shape index (κ1) is 21.8. The Hall–Kier alpha value is -3.06. The van der Waals surface area contributed by atoms with Crippen LogP contribution in [-0.4, -0.2) is 17.9 Å². The molecule has 0 atom stereocenters. The number of nitrogens with one attached hydrogen (secondary N) is 1. The number of para-hydroxylation sites is 1. The SMILES string of the molecule is COc1ccc(-c2nc(C)c(C3=C(C(=O)c4ccc(Cl)cc4)Sc4ccccc4N3)s2)cc1. The number of ether oxygens (including phenoxy) is 1. The highest BCUT2D eigenvalue weighted by Crippen LogP contribution is 2.46. The van der Waals surface area contributed by atoms with Crippen molar-refractivity contribution in [1.82, 2.24) is 4.98 Å². The molecule has 4 nitrogen and oxygen atoms in total. The number of aryl methyl sites for hydroxylation is 1. The molecule has 0 amide bonds. The number of nitrogens with zero attached hydrogens (tertiary/aromatic N) is 1. The summed E-state index contributed by atoms with van der Waals surface area (Å²) in [4.78, 5) is 21.0. The summed E-state index contributed by atoms with van der Waals surface area (Å²) in [6.45, 7) is 1.98. The van der Waals surface area contributed by atoms with Crippen LogP contribution in [0, 0.1) is 6.92 Å². The van der Waals surface area contributed by atoms with Crippen LogP contribution in [0.25, 0.3) is 16.3 Å². The second kappa shape index (κ2) is 9.06. The minimum Gasteiger partial charge on any atom is -0.497 e. The van der Waals surface area contributed by atoms with Gasteiger partial charge in [0.2, 0.25) is 5.78 Å². The molecule has 0 fully saturated rings. The molecule has 0 radical (unpaired) electrons. The van der Waals surface area contributed by atoms with Crippen molar-refractivity contribution in [3.05, 3.63) is 98.9 Å². The second-order valence-electron chi connectivity index (χ2n) is 7.43. The lowest BCUT2D eigenvalue weighted by atomic mass is 10.1. The van der Waals surface area contributed by atoms with Crippen molar-refractivity contribution in [1.29, 1.82) is 0 Å². The minimum absolute atomic E-state index is 0.0486. The first-order chi connectivity index (χ1) is 16.0. The molecular formula is C26H19ClN2O2S2. The van der Waals surface area contributed by atoms with E-state index in [9.17, 15) is 4.79 Å². The normalized spacial score (nSPS) is 12.8. The van der Waals surface area contributed by atoms with Crippen LogP contribution in [0.3, 0.4) is 0 Å². The molecule has 33 heavy (non-hydrogen) atoms. The zero-order valence-electron chi connectivity index (χ0n) is 17.9. The third-order valence-corrected chi connectivity index (χ3v) is 7.90. The van der Waals surface area contributed by atoms with Gasteiger partial charge in [-0.3, -0.25) is 4.79 Å². The van der Waals surface area contributed by atoms with Crippen LogP contribution in [0.15, 0.2) is 82.6 Å². The van der Waals surface area contributed by atoms with Crippen LogP contribution in [0.4, 0.5) is 5.69 Å². The van der Waals surface area contributed by atoms with Gasteiger partial charge in [-0.1, -0.05) is 35.5 Å². The maximum Gasteiger partial charge on any atom is 0.201 e. The molecule has 2 heterocycles. The number of hydrogen-bond donors (Lipinski definition) is 1. The van der Waals surface area contributed by atoms with E-state index in [1.54, 1.807) is 42.7 Å². The average molecular weight is 491 g/mol. The van der Waals surface area contributed by atoms with Gasteiger partial charge in [0.1, 0.15) is 10.8 Å². The first-order valence-electron chi connectivity index (χ1n) is 10.2. The maximum atomic E-state index is 13.6. The van der Waals surface area contributed by atoms with Crippen molar-refractivity contribution < 1.29 is 9.53 Å². The van der Waals surface area contributed by atoms with Gasteiger partial charge in [-0.15, -0.1) is 11.3 Å². The summed E-state index contributed by atoms with van der Waals surface area (Å²) in [5.74, 6) is 0.750. The molecule has 0 spiro atoms. The van der Waals surface area contributed by atoms with Crippen LogP contribution >= 0.6 is 34.7 Å². The number of thioether (sulfide) groups is 1. The molecule has 4 aromatic rings. The van der Waals surface area contributed by atoms with Crippen LogP contribution in [0.1, 0.15) is 20.9 Å². The summed E-state index contributed by atoms with van der Waals surface area (Å²) in [5.41, 5.74) is 4.23. The molecule has 0 saturated heterocycles. The van der Waals surface area contributed by atoms with Crippen molar-refractivity contribution in [3.63, 3.8) is 0 Å².